The summed E-state index contributed by atoms with van der Waals surface area (Å²) in [5.74, 6) is -1.81. The zero-order valence-electron chi connectivity index (χ0n) is 17.1. The van der Waals surface area contributed by atoms with Crippen LogP contribution < -0.4 is 9.62 Å². The summed E-state index contributed by atoms with van der Waals surface area (Å²) in [4.78, 5) is 26.7. The lowest BCUT2D eigenvalue weighted by Gasteiger charge is -2.31. The molecule has 0 aliphatic rings. The smallest absolute Gasteiger partial charge is 0.244 e. The van der Waals surface area contributed by atoms with Crippen LogP contribution in [0.4, 0.5) is 10.1 Å². The van der Waals surface area contributed by atoms with E-state index in [0.29, 0.717) is 10.6 Å². The number of benzene rings is 2. The number of nitrogens with zero attached hydrogens (tertiary/aromatic N) is 2. The number of carbonyl (C=O) groups is 2. The van der Waals surface area contributed by atoms with Gasteiger partial charge in [0, 0.05) is 18.6 Å². The van der Waals surface area contributed by atoms with E-state index < -0.39 is 40.2 Å². The monoisotopic (exact) mass is 489 g/mol. The Kier molecular flexibility index (Phi) is 8.27. The summed E-state index contributed by atoms with van der Waals surface area (Å²) in [6, 6.07) is 9.23. The Morgan fingerprint density at radius 1 is 1.13 bits per heavy atom. The number of amides is 2. The van der Waals surface area contributed by atoms with Crippen LogP contribution in [-0.2, 0) is 26.2 Å². The number of hydrogen-bond acceptors (Lipinski definition) is 4. The highest BCUT2D eigenvalue weighted by molar-refractivity contribution is 7.92. The van der Waals surface area contributed by atoms with Gasteiger partial charge in [-0.1, -0.05) is 41.4 Å². The lowest BCUT2D eigenvalue weighted by atomic mass is 10.1. The normalized spacial score (nSPS) is 12.2. The van der Waals surface area contributed by atoms with Gasteiger partial charge in [-0.3, -0.25) is 13.9 Å². The molecule has 168 valence electrons. The topological polar surface area (TPSA) is 86.8 Å². The molecule has 0 unspecified atom stereocenters. The fraction of sp³-hybridized carbons (Fsp3) is 0.300. The van der Waals surface area contributed by atoms with E-state index in [1.165, 1.54) is 24.9 Å². The van der Waals surface area contributed by atoms with Crippen LogP contribution >= 0.6 is 23.2 Å². The number of hydrogen-bond donors (Lipinski definition) is 1. The number of halogens is 3. The van der Waals surface area contributed by atoms with Crippen molar-refractivity contribution in [2.75, 3.05) is 24.2 Å². The van der Waals surface area contributed by atoms with Gasteiger partial charge >= 0.3 is 0 Å². The van der Waals surface area contributed by atoms with Gasteiger partial charge in [-0.15, -0.1) is 0 Å². The maximum Gasteiger partial charge on any atom is 0.244 e. The first-order chi connectivity index (χ1) is 14.5. The Hall–Kier alpha value is -2.36. The molecule has 0 aliphatic heterocycles. The Morgan fingerprint density at radius 2 is 1.77 bits per heavy atom. The van der Waals surface area contributed by atoms with Crippen molar-refractivity contribution >= 4 is 50.7 Å². The molecule has 7 nitrogen and oxygen atoms in total. The highest BCUT2D eigenvalue weighted by Gasteiger charge is 2.30. The Balaban J connectivity index is 2.42. The summed E-state index contributed by atoms with van der Waals surface area (Å²) in [6.45, 7) is 0.884. The van der Waals surface area contributed by atoms with Crippen LogP contribution in [0.3, 0.4) is 0 Å². The molecular formula is C20H22Cl2FN3O4S. The summed E-state index contributed by atoms with van der Waals surface area (Å²) in [7, 11) is -2.50. The molecule has 0 spiro atoms. The first kappa shape index (κ1) is 24.9. The van der Waals surface area contributed by atoms with E-state index in [4.69, 9.17) is 23.2 Å². The van der Waals surface area contributed by atoms with E-state index in [1.54, 1.807) is 24.3 Å². The Labute approximate surface area is 190 Å². The number of anilines is 1. The van der Waals surface area contributed by atoms with Crippen molar-refractivity contribution in [3.05, 3.63) is 63.9 Å². The fourth-order valence-electron chi connectivity index (χ4n) is 2.86. The van der Waals surface area contributed by atoms with Gasteiger partial charge < -0.3 is 10.2 Å². The Morgan fingerprint density at radius 3 is 2.32 bits per heavy atom. The Bertz CT molecular complexity index is 1080. The van der Waals surface area contributed by atoms with Gasteiger partial charge in [-0.25, -0.2) is 12.8 Å². The predicted molar refractivity (Wildman–Crippen MR) is 119 cm³/mol. The van der Waals surface area contributed by atoms with Crippen LogP contribution in [-0.4, -0.2) is 51.0 Å². The maximum atomic E-state index is 13.5. The van der Waals surface area contributed by atoms with Gasteiger partial charge in [-0.05, 0) is 36.8 Å². The van der Waals surface area contributed by atoms with Crippen LogP contribution in [0.25, 0.3) is 0 Å². The molecule has 0 aliphatic carbocycles. The number of nitrogens with one attached hydrogen (secondary N) is 1. The molecule has 2 amide bonds. The van der Waals surface area contributed by atoms with Crippen LogP contribution in [0.5, 0.6) is 0 Å². The molecule has 31 heavy (non-hydrogen) atoms. The fourth-order valence-corrected chi connectivity index (χ4v) is 4.07. The van der Waals surface area contributed by atoms with Crippen molar-refractivity contribution in [2.45, 2.75) is 19.5 Å². The van der Waals surface area contributed by atoms with Crippen LogP contribution in [0, 0.1) is 5.82 Å². The highest BCUT2D eigenvalue weighted by Crippen LogP contribution is 2.25. The molecule has 0 saturated heterocycles. The summed E-state index contributed by atoms with van der Waals surface area (Å²) < 4.78 is 39.1. The van der Waals surface area contributed by atoms with E-state index >= 15 is 0 Å². The molecular weight excluding hydrogens is 468 g/mol. The SMILES string of the molecule is CNC(=O)[C@H](C)N(Cc1ccccc1Cl)C(=O)CN(c1ccc(F)c(Cl)c1)S(C)(=O)=O. The zero-order chi connectivity index (χ0) is 23.3. The number of sulfonamides is 1. The molecule has 2 aromatic rings. The molecule has 11 heteroatoms. The molecule has 0 aromatic heterocycles. The minimum Gasteiger partial charge on any atom is -0.357 e. The van der Waals surface area contributed by atoms with E-state index in [9.17, 15) is 22.4 Å². The molecule has 0 fully saturated rings. The standard InChI is InChI=1S/C20H22Cl2FN3O4S/c1-13(20(28)24-2)25(11-14-6-4-5-7-16(14)21)19(27)12-26(31(3,29)30)15-8-9-18(23)17(22)10-15/h4-10,13H,11-12H2,1-3H3,(H,24,28)/t13-/m0/s1. The second-order valence-corrected chi connectivity index (χ2v) is 9.49. The number of rotatable bonds is 8. The van der Waals surface area contributed by atoms with Gasteiger partial charge in [0.1, 0.15) is 18.4 Å². The highest BCUT2D eigenvalue weighted by atomic mass is 35.5. The quantitative estimate of drug-likeness (QED) is 0.617. The third kappa shape index (κ3) is 6.32. The lowest BCUT2D eigenvalue weighted by molar-refractivity contribution is -0.139. The van der Waals surface area contributed by atoms with E-state index in [0.717, 1.165) is 22.7 Å². The number of likely N-dealkylation sites (N-methyl/N-ethyl adjacent to an activating group) is 1. The molecule has 0 radical (unpaired) electrons. The molecule has 0 bridgehead atoms. The first-order valence-corrected chi connectivity index (χ1v) is 11.7. The van der Waals surface area contributed by atoms with Crippen LogP contribution in [0.1, 0.15) is 12.5 Å². The molecule has 1 N–H and O–H groups in total. The van der Waals surface area contributed by atoms with Crippen molar-refractivity contribution in [2.24, 2.45) is 0 Å². The van der Waals surface area contributed by atoms with Gasteiger partial charge in [0.25, 0.3) is 0 Å². The zero-order valence-corrected chi connectivity index (χ0v) is 19.4. The van der Waals surface area contributed by atoms with Crippen LogP contribution in [0.15, 0.2) is 42.5 Å². The minimum atomic E-state index is -3.93. The molecule has 2 aromatic carbocycles. The second-order valence-electron chi connectivity index (χ2n) is 6.77. The van der Waals surface area contributed by atoms with Crippen molar-refractivity contribution in [3.63, 3.8) is 0 Å². The van der Waals surface area contributed by atoms with Gasteiger partial charge in [0.2, 0.25) is 21.8 Å². The van der Waals surface area contributed by atoms with E-state index in [2.05, 4.69) is 5.32 Å². The van der Waals surface area contributed by atoms with Crippen LogP contribution in [0.2, 0.25) is 10.0 Å². The van der Waals surface area contributed by atoms with Gasteiger partial charge in [0.05, 0.1) is 17.0 Å². The summed E-state index contributed by atoms with van der Waals surface area (Å²) >= 11 is 12.0. The van der Waals surface area contributed by atoms with Crippen molar-refractivity contribution in [1.82, 2.24) is 10.2 Å². The average Bonchev–Trinajstić information content (AvgIpc) is 2.71. The second kappa shape index (κ2) is 10.3. The summed E-state index contributed by atoms with van der Waals surface area (Å²) in [5, 5.41) is 2.58. The average molecular weight is 490 g/mol. The maximum absolute atomic E-state index is 13.5. The van der Waals surface area contributed by atoms with E-state index in [1.807, 2.05) is 0 Å². The first-order valence-electron chi connectivity index (χ1n) is 9.13. The third-order valence-corrected chi connectivity index (χ3v) is 6.38. The lowest BCUT2D eigenvalue weighted by Crippen LogP contribution is -2.50. The van der Waals surface area contributed by atoms with Crippen molar-refractivity contribution in [3.8, 4) is 0 Å². The number of carbonyl (C=O) groups excluding carboxylic acids is 2. The van der Waals surface area contributed by atoms with E-state index in [-0.39, 0.29) is 17.3 Å². The minimum absolute atomic E-state index is 0.0190. The molecule has 1 atom stereocenters. The van der Waals surface area contributed by atoms with Gasteiger partial charge in [-0.2, -0.15) is 0 Å². The molecule has 2 rings (SSSR count). The molecule has 0 saturated carbocycles. The largest absolute Gasteiger partial charge is 0.357 e. The predicted octanol–water partition coefficient (Wildman–Crippen LogP) is 3.06. The van der Waals surface area contributed by atoms with Crippen molar-refractivity contribution < 1.29 is 22.4 Å². The summed E-state index contributed by atoms with van der Waals surface area (Å²) in [6.07, 6.45) is 0.915. The summed E-state index contributed by atoms with van der Waals surface area (Å²) in [5.41, 5.74) is 0.608. The third-order valence-electron chi connectivity index (χ3n) is 4.58. The molecule has 0 heterocycles. The van der Waals surface area contributed by atoms with Crippen molar-refractivity contribution in [1.29, 1.82) is 0 Å². The van der Waals surface area contributed by atoms with Gasteiger partial charge in [0.15, 0.2) is 0 Å².